The molecule has 27 heavy (non-hydrogen) atoms. The highest BCUT2D eigenvalue weighted by Crippen LogP contribution is 2.39. The topological polar surface area (TPSA) is 47.5 Å². The van der Waals surface area contributed by atoms with Gasteiger partial charge in [-0.2, -0.15) is 0 Å². The number of ether oxygens (including phenoxy) is 2. The third kappa shape index (κ3) is 4.78. The number of benzene rings is 1. The summed E-state index contributed by atoms with van der Waals surface area (Å²) in [5.41, 5.74) is 3.69. The maximum absolute atomic E-state index is 6.08. The molecule has 0 N–H and O–H groups in total. The van der Waals surface area contributed by atoms with E-state index in [2.05, 4.69) is 17.0 Å². The van der Waals surface area contributed by atoms with Crippen molar-refractivity contribution in [2.24, 2.45) is 0 Å². The molecule has 1 aliphatic carbocycles. The van der Waals surface area contributed by atoms with Crippen molar-refractivity contribution in [3.05, 3.63) is 51.9 Å². The SMILES string of the molecule is COCCN(CCOC)c1nc(C)nc2c1CCCC2c1ccc(Cl)cc1. The molecule has 1 aliphatic rings. The summed E-state index contributed by atoms with van der Waals surface area (Å²) < 4.78 is 10.6. The quantitative estimate of drug-likeness (QED) is 0.682. The van der Waals surface area contributed by atoms with Gasteiger partial charge >= 0.3 is 0 Å². The number of hydrogen-bond donors (Lipinski definition) is 0. The standard InChI is InChI=1S/C21H28ClN3O2/c1-15-23-20-18(16-7-9-17(22)10-8-16)5-4-6-19(20)21(24-15)25(11-13-26-2)12-14-27-3/h7-10,18H,4-6,11-14H2,1-3H3. The summed E-state index contributed by atoms with van der Waals surface area (Å²) in [7, 11) is 3.46. The van der Waals surface area contributed by atoms with E-state index in [0.717, 1.165) is 54.7 Å². The molecule has 0 saturated heterocycles. The Kier molecular flexibility index (Phi) is 7.05. The van der Waals surface area contributed by atoms with E-state index in [1.165, 1.54) is 11.1 Å². The molecule has 0 radical (unpaired) electrons. The van der Waals surface area contributed by atoms with Crippen molar-refractivity contribution < 1.29 is 9.47 Å². The second kappa shape index (κ2) is 9.49. The molecular weight excluding hydrogens is 362 g/mol. The number of rotatable bonds is 8. The van der Waals surface area contributed by atoms with Crippen LogP contribution < -0.4 is 4.90 Å². The zero-order valence-corrected chi connectivity index (χ0v) is 17.1. The molecule has 0 spiro atoms. The normalized spacial score (nSPS) is 16.2. The van der Waals surface area contributed by atoms with E-state index in [4.69, 9.17) is 31.0 Å². The van der Waals surface area contributed by atoms with Crippen LogP contribution in [0.4, 0.5) is 5.82 Å². The fraction of sp³-hybridized carbons (Fsp3) is 0.524. The van der Waals surface area contributed by atoms with Gasteiger partial charge in [0.1, 0.15) is 11.6 Å². The molecule has 0 bridgehead atoms. The molecule has 6 heteroatoms. The molecule has 5 nitrogen and oxygen atoms in total. The maximum atomic E-state index is 6.08. The lowest BCUT2D eigenvalue weighted by Gasteiger charge is -2.31. The van der Waals surface area contributed by atoms with E-state index < -0.39 is 0 Å². The van der Waals surface area contributed by atoms with Gasteiger partial charge in [-0.25, -0.2) is 9.97 Å². The molecule has 0 aliphatic heterocycles. The Hall–Kier alpha value is -1.69. The van der Waals surface area contributed by atoms with E-state index in [9.17, 15) is 0 Å². The summed E-state index contributed by atoms with van der Waals surface area (Å²) in [5, 5.41) is 0.764. The number of fused-ring (bicyclic) bond motifs is 1. The molecule has 146 valence electrons. The number of aromatic nitrogens is 2. The second-order valence-electron chi connectivity index (χ2n) is 6.93. The van der Waals surface area contributed by atoms with Gasteiger partial charge in [0, 0.05) is 43.8 Å². The minimum Gasteiger partial charge on any atom is -0.383 e. The molecule has 2 aromatic rings. The first kappa shape index (κ1) is 20.1. The Morgan fingerprint density at radius 1 is 1.07 bits per heavy atom. The third-order valence-corrected chi connectivity index (χ3v) is 5.33. The largest absolute Gasteiger partial charge is 0.383 e. The van der Waals surface area contributed by atoms with Crippen LogP contribution in [0.2, 0.25) is 5.02 Å². The van der Waals surface area contributed by atoms with Crippen molar-refractivity contribution >= 4 is 17.4 Å². The first-order valence-electron chi connectivity index (χ1n) is 9.49. The number of aryl methyl sites for hydroxylation is 1. The van der Waals surface area contributed by atoms with Gasteiger partial charge in [-0.15, -0.1) is 0 Å². The average molecular weight is 390 g/mol. The zero-order chi connectivity index (χ0) is 19.2. The molecule has 1 atom stereocenters. The van der Waals surface area contributed by atoms with Crippen molar-refractivity contribution in [3.8, 4) is 0 Å². The minimum absolute atomic E-state index is 0.290. The molecule has 3 rings (SSSR count). The van der Waals surface area contributed by atoms with E-state index in [1.54, 1.807) is 14.2 Å². The summed E-state index contributed by atoms with van der Waals surface area (Å²) in [5.74, 6) is 2.13. The molecule has 0 amide bonds. The Bertz CT molecular complexity index is 744. The predicted octanol–water partition coefficient (Wildman–Crippen LogP) is 4.01. The first-order valence-corrected chi connectivity index (χ1v) is 9.87. The summed E-state index contributed by atoms with van der Waals surface area (Å²) in [6, 6.07) is 8.16. The number of methoxy groups -OCH3 is 2. The molecule has 1 unspecified atom stereocenters. The van der Waals surface area contributed by atoms with Gasteiger partial charge in [0.15, 0.2) is 0 Å². The van der Waals surface area contributed by atoms with E-state index in [1.807, 2.05) is 19.1 Å². The van der Waals surface area contributed by atoms with Crippen LogP contribution >= 0.6 is 11.6 Å². The summed E-state index contributed by atoms with van der Waals surface area (Å²) in [6.07, 6.45) is 3.23. The first-order chi connectivity index (χ1) is 13.1. The van der Waals surface area contributed by atoms with Crippen molar-refractivity contribution in [1.29, 1.82) is 0 Å². The molecule has 0 saturated carbocycles. The fourth-order valence-electron chi connectivity index (χ4n) is 3.76. The van der Waals surface area contributed by atoms with Crippen LogP contribution in [0.25, 0.3) is 0 Å². The second-order valence-corrected chi connectivity index (χ2v) is 7.36. The number of hydrogen-bond acceptors (Lipinski definition) is 5. The maximum Gasteiger partial charge on any atom is 0.135 e. The van der Waals surface area contributed by atoms with Crippen molar-refractivity contribution in [3.63, 3.8) is 0 Å². The van der Waals surface area contributed by atoms with Crippen LogP contribution in [0.3, 0.4) is 0 Å². The number of halogens is 1. The lowest BCUT2D eigenvalue weighted by molar-refractivity contribution is 0.190. The van der Waals surface area contributed by atoms with Crippen molar-refractivity contribution in [2.75, 3.05) is 45.4 Å². The Labute approximate surface area is 166 Å². The smallest absolute Gasteiger partial charge is 0.135 e. The molecule has 1 heterocycles. The highest BCUT2D eigenvalue weighted by Gasteiger charge is 2.28. The Morgan fingerprint density at radius 3 is 2.37 bits per heavy atom. The molecule has 0 fully saturated rings. The number of nitrogens with zero attached hydrogens (tertiary/aromatic N) is 3. The Morgan fingerprint density at radius 2 is 1.74 bits per heavy atom. The van der Waals surface area contributed by atoms with Crippen LogP contribution in [-0.2, 0) is 15.9 Å². The zero-order valence-electron chi connectivity index (χ0n) is 16.4. The molecule has 1 aromatic carbocycles. The lowest BCUT2D eigenvalue weighted by atomic mass is 9.82. The van der Waals surface area contributed by atoms with E-state index in [0.29, 0.717) is 13.2 Å². The van der Waals surface area contributed by atoms with E-state index >= 15 is 0 Å². The minimum atomic E-state index is 0.290. The van der Waals surface area contributed by atoms with Gasteiger partial charge in [0.25, 0.3) is 0 Å². The summed E-state index contributed by atoms with van der Waals surface area (Å²) in [6.45, 7) is 4.86. The fourth-order valence-corrected chi connectivity index (χ4v) is 3.88. The van der Waals surface area contributed by atoms with Gasteiger partial charge in [-0.1, -0.05) is 23.7 Å². The number of anilines is 1. The molecular formula is C21H28ClN3O2. The van der Waals surface area contributed by atoms with Crippen LogP contribution in [-0.4, -0.2) is 50.5 Å². The summed E-state index contributed by atoms with van der Waals surface area (Å²) >= 11 is 6.08. The van der Waals surface area contributed by atoms with Crippen LogP contribution in [0.5, 0.6) is 0 Å². The predicted molar refractivity (Wildman–Crippen MR) is 109 cm³/mol. The third-order valence-electron chi connectivity index (χ3n) is 5.08. The van der Waals surface area contributed by atoms with Crippen LogP contribution in [0.15, 0.2) is 24.3 Å². The average Bonchev–Trinajstić information content (AvgIpc) is 2.68. The van der Waals surface area contributed by atoms with Crippen molar-refractivity contribution in [2.45, 2.75) is 32.1 Å². The van der Waals surface area contributed by atoms with Crippen LogP contribution in [0.1, 0.15) is 41.4 Å². The Balaban J connectivity index is 2.00. The lowest BCUT2D eigenvalue weighted by Crippen LogP contribution is -2.33. The summed E-state index contributed by atoms with van der Waals surface area (Å²) in [4.78, 5) is 12.0. The van der Waals surface area contributed by atoms with Gasteiger partial charge in [0.2, 0.25) is 0 Å². The van der Waals surface area contributed by atoms with Crippen LogP contribution in [0, 0.1) is 6.92 Å². The van der Waals surface area contributed by atoms with Gasteiger partial charge in [0.05, 0.1) is 18.9 Å². The van der Waals surface area contributed by atoms with Gasteiger partial charge < -0.3 is 14.4 Å². The van der Waals surface area contributed by atoms with Crippen molar-refractivity contribution in [1.82, 2.24) is 9.97 Å². The highest BCUT2D eigenvalue weighted by atomic mass is 35.5. The highest BCUT2D eigenvalue weighted by molar-refractivity contribution is 6.30. The monoisotopic (exact) mass is 389 g/mol. The van der Waals surface area contributed by atoms with Gasteiger partial charge in [-0.3, -0.25) is 0 Å². The van der Waals surface area contributed by atoms with E-state index in [-0.39, 0.29) is 5.92 Å². The molecule has 1 aromatic heterocycles. The van der Waals surface area contributed by atoms with Gasteiger partial charge in [-0.05, 0) is 43.9 Å².